The zero-order chi connectivity index (χ0) is 14.0. The quantitative estimate of drug-likeness (QED) is 0.882. The van der Waals surface area contributed by atoms with Crippen molar-refractivity contribution in [3.05, 3.63) is 29.8 Å². The molecule has 1 aromatic carbocycles. The van der Waals surface area contributed by atoms with Gasteiger partial charge in [-0.05, 0) is 19.1 Å². The average molecular weight is 264 g/mol. The number of ether oxygens (including phenoxy) is 2. The van der Waals surface area contributed by atoms with Gasteiger partial charge in [0, 0.05) is 17.7 Å². The standard InChI is InChI=1S/C13H16N2O4/c1-9-8-13(17,15(14-9)12(16)19-3)10-4-6-11(18-2)7-5-10/h4-7,17H,8H2,1-3H3/t13-/m0/s1. The molecule has 1 N–H and O–H groups in total. The van der Waals surface area contributed by atoms with Crippen LogP contribution in [0.3, 0.4) is 0 Å². The first-order valence-electron chi connectivity index (χ1n) is 5.80. The van der Waals surface area contributed by atoms with Gasteiger partial charge in [-0.15, -0.1) is 0 Å². The van der Waals surface area contributed by atoms with Crippen LogP contribution in [0.4, 0.5) is 4.79 Å². The van der Waals surface area contributed by atoms with Crippen molar-refractivity contribution in [3.63, 3.8) is 0 Å². The second-order valence-corrected chi connectivity index (χ2v) is 4.34. The number of nitrogens with zero attached hydrogens (tertiary/aromatic N) is 2. The molecular formula is C13H16N2O4. The molecule has 19 heavy (non-hydrogen) atoms. The van der Waals surface area contributed by atoms with E-state index in [9.17, 15) is 9.90 Å². The average Bonchev–Trinajstić information content (AvgIpc) is 2.74. The first-order valence-corrected chi connectivity index (χ1v) is 5.80. The van der Waals surface area contributed by atoms with Crippen LogP contribution in [0.5, 0.6) is 5.75 Å². The highest BCUT2D eigenvalue weighted by Crippen LogP contribution is 2.36. The molecule has 6 nitrogen and oxygen atoms in total. The minimum Gasteiger partial charge on any atom is -0.497 e. The summed E-state index contributed by atoms with van der Waals surface area (Å²) in [7, 11) is 2.81. The molecule has 1 aliphatic rings. The lowest BCUT2D eigenvalue weighted by molar-refractivity contribution is -0.0834. The molecule has 1 atom stereocenters. The summed E-state index contributed by atoms with van der Waals surface area (Å²) in [5.41, 5.74) is -0.299. The van der Waals surface area contributed by atoms with E-state index in [1.165, 1.54) is 7.11 Å². The second-order valence-electron chi connectivity index (χ2n) is 4.34. The Balaban J connectivity index is 2.37. The Bertz CT molecular complexity index is 512. The monoisotopic (exact) mass is 264 g/mol. The molecule has 1 heterocycles. The minimum absolute atomic E-state index is 0.244. The van der Waals surface area contributed by atoms with Gasteiger partial charge in [0.2, 0.25) is 0 Å². The summed E-state index contributed by atoms with van der Waals surface area (Å²) < 4.78 is 9.71. The van der Waals surface area contributed by atoms with Gasteiger partial charge in [0.05, 0.1) is 14.2 Å². The van der Waals surface area contributed by atoms with E-state index in [1.807, 2.05) is 0 Å². The van der Waals surface area contributed by atoms with Crippen LogP contribution in [0.1, 0.15) is 18.9 Å². The summed E-state index contributed by atoms with van der Waals surface area (Å²) in [6, 6.07) is 6.83. The van der Waals surface area contributed by atoms with Gasteiger partial charge in [0.1, 0.15) is 5.75 Å². The van der Waals surface area contributed by atoms with Crippen LogP contribution in [0.2, 0.25) is 0 Å². The highest BCUT2D eigenvalue weighted by Gasteiger charge is 2.45. The van der Waals surface area contributed by atoms with Crippen molar-refractivity contribution in [2.24, 2.45) is 5.10 Å². The summed E-state index contributed by atoms with van der Waals surface area (Å²) in [4.78, 5) is 11.7. The Morgan fingerprint density at radius 2 is 2.00 bits per heavy atom. The Kier molecular flexibility index (Phi) is 3.44. The zero-order valence-electron chi connectivity index (χ0n) is 11.1. The van der Waals surface area contributed by atoms with Crippen LogP contribution in [-0.2, 0) is 10.5 Å². The largest absolute Gasteiger partial charge is 0.497 e. The third kappa shape index (κ3) is 2.26. The number of hydrogen-bond acceptors (Lipinski definition) is 5. The van der Waals surface area contributed by atoms with Gasteiger partial charge < -0.3 is 14.6 Å². The number of aliphatic hydroxyl groups is 1. The van der Waals surface area contributed by atoms with Gasteiger partial charge in [0.25, 0.3) is 0 Å². The predicted molar refractivity (Wildman–Crippen MR) is 68.9 cm³/mol. The number of methoxy groups -OCH3 is 2. The molecular weight excluding hydrogens is 248 g/mol. The molecule has 1 aliphatic heterocycles. The van der Waals surface area contributed by atoms with Crippen LogP contribution in [0.15, 0.2) is 29.4 Å². The van der Waals surface area contributed by atoms with E-state index >= 15 is 0 Å². The zero-order valence-corrected chi connectivity index (χ0v) is 11.1. The fraction of sp³-hybridized carbons (Fsp3) is 0.385. The second kappa shape index (κ2) is 4.89. The van der Waals surface area contributed by atoms with Crippen LogP contribution in [0.25, 0.3) is 0 Å². The smallest absolute Gasteiger partial charge is 0.433 e. The van der Waals surface area contributed by atoms with E-state index in [2.05, 4.69) is 9.84 Å². The van der Waals surface area contributed by atoms with Gasteiger partial charge in [-0.3, -0.25) is 0 Å². The molecule has 0 fully saturated rings. The molecule has 1 aromatic rings. The van der Waals surface area contributed by atoms with Crippen LogP contribution in [0, 0.1) is 0 Å². The Hall–Kier alpha value is -2.08. The van der Waals surface area contributed by atoms with Gasteiger partial charge in [-0.25, -0.2) is 4.79 Å². The predicted octanol–water partition coefficient (Wildman–Crippen LogP) is 1.69. The van der Waals surface area contributed by atoms with E-state index in [0.29, 0.717) is 17.0 Å². The third-order valence-electron chi connectivity index (χ3n) is 3.02. The molecule has 0 unspecified atom stereocenters. The number of carbonyl (C=O) groups excluding carboxylic acids is 1. The van der Waals surface area contributed by atoms with Gasteiger partial charge in [0.15, 0.2) is 5.72 Å². The van der Waals surface area contributed by atoms with Crippen LogP contribution in [-0.4, -0.2) is 36.1 Å². The van der Waals surface area contributed by atoms with E-state index in [0.717, 1.165) is 5.01 Å². The lowest BCUT2D eigenvalue weighted by atomic mass is 9.98. The first-order chi connectivity index (χ1) is 9.01. The first kappa shape index (κ1) is 13.4. The van der Waals surface area contributed by atoms with Gasteiger partial charge in [-0.1, -0.05) is 12.1 Å². The van der Waals surface area contributed by atoms with E-state index in [1.54, 1.807) is 38.3 Å². The number of amides is 1. The SMILES string of the molecule is COC(=O)N1N=C(C)C[C@]1(O)c1ccc(OC)cc1. The number of rotatable bonds is 2. The molecule has 6 heteroatoms. The van der Waals surface area contributed by atoms with Crippen molar-refractivity contribution >= 4 is 11.8 Å². The van der Waals surface area contributed by atoms with Crippen molar-refractivity contribution in [2.45, 2.75) is 19.1 Å². The summed E-state index contributed by atoms with van der Waals surface area (Å²) in [5.74, 6) is 0.674. The fourth-order valence-corrected chi connectivity index (χ4v) is 2.08. The normalized spacial score (nSPS) is 22.1. The molecule has 1 amide bonds. The number of hydrogen-bond donors (Lipinski definition) is 1. The van der Waals surface area contributed by atoms with Crippen LogP contribution < -0.4 is 4.74 Å². The van der Waals surface area contributed by atoms with Gasteiger partial charge in [-0.2, -0.15) is 10.1 Å². The Morgan fingerprint density at radius 3 is 2.53 bits per heavy atom. The maximum Gasteiger partial charge on any atom is 0.433 e. The van der Waals surface area contributed by atoms with Crippen molar-refractivity contribution in [3.8, 4) is 5.75 Å². The van der Waals surface area contributed by atoms with E-state index in [4.69, 9.17) is 4.74 Å². The maximum absolute atomic E-state index is 11.7. The van der Waals surface area contributed by atoms with Crippen molar-refractivity contribution in [1.29, 1.82) is 0 Å². The molecule has 0 spiro atoms. The number of hydrazone groups is 1. The van der Waals surface area contributed by atoms with Crippen LogP contribution >= 0.6 is 0 Å². The Morgan fingerprint density at radius 1 is 1.37 bits per heavy atom. The Labute approximate surface area is 111 Å². The lowest BCUT2D eigenvalue weighted by Crippen LogP contribution is -2.43. The molecule has 0 saturated carbocycles. The topological polar surface area (TPSA) is 71.4 Å². The minimum atomic E-state index is -1.51. The molecule has 0 saturated heterocycles. The highest BCUT2D eigenvalue weighted by atomic mass is 16.6. The van der Waals surface area contributed by atoms with Gasteiger partial charge >= 0.3 is 6.09 Å². The van der Waals surface area contributed by atoms with Crippen molar-refractivity contribution in [2.75, 3.05) is 14.2 Å². The molecule has 0 aliphatic carbocycles. The fourth-order valence-electron chi connectivity index (χ4n) is 2.08. The van der Waals surface area contributed by atoms with Crippen molar-refractivity contribution in [1.82, 2.24) is 5.01 Å². The van der Waals surface area contributed by atoms with Crippen molar-refractivity contribution < 1.29 is 19.4 Å². The molecule has 2 rings (SSSR count). The molecule has 102 valence electrons. The highest BCUT2D eigenvalue weighted by molar-refractivity contribution is 5.87. The summed E-state index contributed by atoms with van der Waals surface area (Å²) in [5, 5.41) is 15.7. The summed E-state index contributed by atoms with van der Waals surface area (Å²) in [6.45, 7) is 1.75. The molecule has 0 bridgehead atoms. The summed E-state index contributed by atoms with van der Waals surface area (Å²) in [6.07, 6.45) is -0.454. The third-order valence-corrected chi connectivity index (χ3v) is 3.02. The summed E-state index contributed by atoms with van der Waals surface area (Å²) >= 11 is 0. The van der Waals surface area contributed by atoms with E-state index in [-0.39, 0.29) is 6.42 Å². The number of benzene rings is 1. The lowest BCUT2D eigenvalue weighted by Gasteiger charge is -2.30. The molecule has 0 aromatic heterocycles. The molecule has 0 radical (unpaired) electrons. The van der Waals surface area contributed by atoms with E-state index < -0.39 is 11.8 Å². The maximum atomic E-state index is 11.7. The number of carbonyl (C=O) groups is 1.